The largest absolute Gasteiger partial charge is 0.326 e. The summed E-state index contributed by atoms with van der Waals surface area (Å²) in [5, 5.41) is 3.10. The van der Waals surface area contributed by atoms with Crippen LogP contribution in [-0.4, -0.2) is 18.4 Å². The number of rotatable bonds is 8. The lowest BCUT2D eigenvalue weighted by molar-refractivity contribution is -0.119. The van der Waals surface area contributed by atoms with Crippen LogP contribution in [0.15, 0.2) is 78.9 Å². The van der Waals surface area contributed by atoms with Crippen LogP contribution < -0.4 is 10.2 Å². The Balaban J connectivity index is 1.49. The van der Waals surface area contributed by atoms with E-state index in [2.05, 4.69) is 43.4 Å². The maximum absolute atomic E-state index is 13.1. The van der Waals surface area contributed by atoms with Gasteiger partial charge in [0.05, 0.1) is 0 Å². The molecule has 1 aliphatic rings. The Bertz CT molecular complexity index is 1050. The number of nitrogens with zero attached hydrogens (tertiary/aromatic N) is 1. The molecule has 0 spiro atoms. The van der Waals surface area contributed by atoms with Crippen molar-refractivity contribution in [2.75, 3.05) is 16.8 Å². The highest BCUT2D eigenvalue weighted by Gasteiger charge is 2.25. The summed E-state index contributed by atoms with van der Waals surface area (Å²) in [4.78, 5) is 27.4. The van der Waals surface area contributed by atoms with E-state index in [1.807, 2.05) is 59.5 Å². The first-order valence-corrected chi connectivity index (χ1v) is 11.8. The van der Waals surface area contributed by atoms with Crippen LogP contribution in [0.1, 0.15) is 55.7 Å². The third-order valence-electron chi connectivity index (χ3n) is 6.29. The molecule has 0 aromatic heterocycles. The molecule has 0 unspecified atom stereocenters. The van der Waals surface area contributed by atoms with Gasteiger partial charge in [-0.2, -0.15) is 0 Å². The zero-order valence-corrected chi connectivity index (χ0v) is 19.5. The molecule has 0 fully saturated rings. The van der Waals surface area contributed by atoms with Crippen LogP contribution >= 0.6 is 0 Å². The summed E-state index contributed by atoms with van der Waals surface area (Å²) in [6, 6.07) is 26.3. The first-order valence-electron chi connectivity index (χ1n) is 11.8. The molecule has 0 saturated carbocycles. The molecule has 0 atom stereocenters. The lowest BCUT2D eigenvalue weighted by Crippen LogP contribution is -2.36. The van der Waals surface area contributed by atoms with Gasteiger partial charge in [-0.25, -0.2) is 0 Å². The van der Waals surface area contributed by atoms with Gasteiger partial charge in [0.25, 0.3) is 0 Å². The van der Waals surface area contributed by atoms with Gasteiger partial charge in [-0.3, -0.25) is 9.59 Å². The quantitative estimate of drug-likeness (QED) is 0.455. The zero-order valence-electron chi connectivity index (χ0n) is 19.5. The minimum absolute atomic E-state index is 0.00539. The van der Waals surface area contributed by atoms with Crippen LogP contribution in [0.4, 0.5) is 11.4 Å². The van der Waals surface area contributed by atoms with Crippen LogP contribution in [0.25, 0.3) is 0 Å². The summed E-state index contributed by atoms with van der Waals surface area (Å²) in [5.74, 6) is 0.711. The van der Waals surface area contributed by atoms with Gasteiger partial charge in [0, 0.05) is 36.7 Å². The standard InChI is InChI=1S/C29H32N2O2/c1-21(2)17-18-31-27-15-14-25(19-24(27)13-16-29(31)33)30-28(32)20-26(22-9-5-3-6-10-22)23-11-7-4-8-12-23/h3-12,14-15,19,21,26H,13,16-18,20H2,1-2H3,(H,30,32). The number of anilines is 2. The van der Waals surface area contributed by atoms with E-state index in [9.17, 15) is 9.59 Å². The summed E-state index contributed by atoms with van der Waals surface area (Å²) < 4.78 is 0. The van der Waals surface area contributed by atoms with Crippen molar-refractivity contribution in [1.29, 1.82) is 0 Å². The summed E-state index contributed by atoms with van der Waals surface area (Å²) in [6.07, 6.45) is 2.58. The van der Waals surface area contributed by atoms with Crippen molar-refractivity contribution in [3.63, 3.8) is 0 Å². The normalized spacial score (nSPS) is 13.3. The van der Waals surface area contributed by atoms with Gasteiger partial charge in [0.2, 0.25) is 11.8 Å². The van der Waals surface area contributed by atoms with Gasteiger partial charge >= 0.3 is 0 Å². The molecule has 0 radical (unpaired) electrons. The van der Waals surface area contributed by atoms with Crippen molar-refractivity contribution in [2.24, 2.45) is 5.92 Å². The van der Waals surface area contributed by atoms with Gasteiger partial charge in [0.15, 0.2) is 0 Å². The molecule has 1 heterocycles. The number of amides is 2. The number of carbonyl (C=O) groups excluding carboxylic acids is 2. The molecule has 1 aliphatic heterocycles. The summed E-state index contributed by atoms with van der Waals surface area (Å²) in [7, 11) is 0. The van der Waals surface area contributed by atoms with Crippen LogP contribution in [0.3, 0.4) is 0 Å². The van der Waals surface area contributed by atoms with Crippen molar-refractivity contribution in [1.82, 2.24) is 0 Å². The van der Waals surface area contributed by atoms with E-state index in [-0.39, 0.29) is 17.7 Å². The van der Waals surface area contributed by atoms with Crippen molar-refractivity contribution in [3.8, 4) is 0 Å². The fraction of sp³-hybridized carbons (Fsp3) is 0.310. The molecule has 4 nitrogen and oxygen atoms in total. The number of aryl methyl sites for hydroxylation is 1. The minimum Gasteiger partial charge on any atom is -0.326 e. The number of hydrogen-bond acceptors (Lipinski definition) is 2. The van der Waals surface area contributed by atoms with E-state index in [1.54, 1.807) is 0 Å². The summed E-state index contributed by atoms with van der Waals surface area (Å²) >= 11 is 0. The van der Waals surface area contributed by atoms with Crippen molar-refractivity contribution < 1.29 is 9.59 Å². The maximum Gasteiger partial charge on any atom is 0.227 e. The zero-order chi connectivity index (χ0) is 23.2. The number of benzene rings is 3. The van der Waals surface area contributed by atoms with Crippen LogP contribution in [0.5, 0.6) is 0 Å². The van der Waals surface area contributed by atoms with E-state index in [0.717, 1.165) is 41.0 Å². The highest BCUT2D eigenvalue weighted by Crippen LogP contribution is 2.32. The van der Waals surface area contributed by atoms with Gasteiger partial charge in [-0.05, 0) is 53.6 Å². The van der Waals surface area contributed by atoms with Crippen molar-refractivity contribution in [3.05, 3.63) is 95.6 Å². The van der Waals surface area contributed by atoms with Crippen LogP contribution in [0, 0.1) is 5.92 Å². The first kappa shape index (κ1) is 22.8. The smallest absolute Gasteiger partial charge is 0.227 e. The Labute approximate surface area is 196 Å². The number of fused-ring (bicyclic) bond motifs is 1. The monoisotopic (exact) mass is 440 g/mol. The first-order chi connectivity index (χ1) is 16.0. The van der Waals surface area contributed by atoms with Crippen molar-refractivity contribution in [2.45, 2.75) is 45.4 Å². The molecule has 0 bridgehead atoms. The second-order valence-corrected chi connectivity index (χ2v) is 9.20. The van der Waals surface area contributed by atoms with Gasteiger partial charge in [-0.15, -0.1) is 0 Å². The average molecular weight is 441 g/mol. The van der Waals surface area contributed by atoms with E-state index >= 15 is 0 Å². The minimum atomic E-state index is -0.0174. The van der Waals surface area contributed by atoms with Gasteiger partial charge < -0.3 is 10.2 Å². The van der Waals surface area contributed by atoms with E-state index < -0.39 is 0 Å². The number of hydrogen-bond donors (Lipinski definition) is 1. The second-order valence-electron chi connectivity index (χ2n) is 9.20. The molecular weight excluding hydrogens is 408 g/mol. The lowest BCUT2D eigenvalue weighted by Gasteiger charge is -2.30. The molecule has 3 aromatic carbocycles. The third-order valence-corrected chi connectivity index (χ3v) is 6.29. The lowest BCUT2D eigenvalue weighted by atomic mass is 9.88. The molecule has 33 heavy (non-hydrogen) atoms. The molecule has 1 N–H and O–H groups in total. The summed E-state index contributed by atoms with van der Waals surface area (Å²) in [6.45, 7) is 5.09. The SMILES string of the molecule is CC(C)CCN1C(=O)CCc2cc(NC(=O)CC(c3ccccc3)c3ccccc3)ccc21. The van der Waals surface area contributed by atoms with E-state index in [0.29, 0.717) is 25.2 Å². The van der Waals surface area contributed by atoms with Crippen LogP contribution in [0.2, 0.25) is 0 Å². The number of nitrogens with one attached hydrogen (secondary N) is 1. The third kappa shape index (κ3) is 5.70. The Hall–Kier alpha value is -3.40. The van der Waals surface area contributed by atoms with Crippen molar-refractivity contribution >= 4 is 23.2 Å². The van der Waals surface area contributed by atoms with Crippen LogP contribution in [-0.2, 0) is 16.0 Å². The predicted molar refractivity (Wildman–Crippen MR) is 135 cm³/mol. The van der Waals surface area contributed by atoms with Gasteiger partial charge in [0.1, 0.15) is 0 Å². The molecule has 2 amide bonds. The molecule has 170 valence electrons. The topological polar surface area (TPSA) is 49.4 Å². The Morgan fingerprint density at radius 1 is 0.909 bits per heavy atom. The Kier molecular flexibility index (Phi) is 7.23. The Morgan fingerprint density at radius 2 is 1.55 bits per heavy atom. The second kappa shape index (κ2) is 10.5. The van der Waals surface area contributed by atoms with E-state index in [4.69, 9.17) is 0 Å². The average Bonchev–Trinajstić information content (AvgIpc) is 2.83. The van der Waals surface area contributed by atoms with Gasteiger partial charge in [-0.1, -0.05) is 74.5 Å². The molecule has 3 aromatic rings. The fourth-order valence-electron chi connectivity index (χ4n) is 4.47. The molecular formula is C29H32N2O2. The summed E-state index contributed by atoms with van der Waals surface area (Å²) in [5.41, 5.74) is 5.15. The highest BCUT2D eigenvalue weighted by atomic mass is 16.2. The molecule has 4 rings (SSSR count). The predicted octanol–water partition coefficient (Wildman–Crippen LogP) is 6.17. The maximum atomic E-state index is 13.1. The highest BCUT2D eigenvalue weighted by molar-refractivity contribution is 5.97. The van der Waals surface area contributed by atoms with E-state index in [1.165, 1.54) is 0 Å². The molecule has 4 heteroatoms. The Morgan fingerprint density at radius 3 is 2.15 bits per heavy atom. The number of carbonyl (C=O) groups is 2. The molecule has 0 saturated heterocycles. The fourth-order valence-corrected chi connectivity index (χ4v) is 4.47. The molecule has 0 aliphatic carbocycles.